The molecule has 2 saturated heterocycles. The molecule has 6 rings (SSSR count). The van der Waals surface area contributed by atoms with Crippen LogP contribution in [0.5, 0.6) is 0 Å². The molecule has 0 radical (unpaired) electrons. The number of nitriles is 2. The van der Waals surface area contributed by atoms with Crippen molar-refractivity contribution in [2.75, 3.05) is 13.1 Å². The number of likely N-dealkylation sites (tertiary alicyclic amines) is 2. The minimum Gasteiger partial charge on any atom is -0.436 e. The zero-order valence-corrected chi connectivity index (χ0v) is 39.0. The van der Waals surface area contributed by atoms with Crippen LogP contribution >= 0.6 is 0 Å². The molecule has 2 aliphatic rings. The van der Waals surface area contributed by atoms with Gasteiger partial charge >= 0.3 is 12.2 Å². The first kappa shape index (κ1) is 51.3. The molecule has 68 heavy (non-hydrogen) atoms. The average Bonchev–Trinajstić information content (AvgIpc) is 3.81. The molecule has 6 amide bonds. The Balaban J connectivity index is 0.000000254. The number of alkyl carbamates (subject to hydrolysis) is 2. The van der Waals surface area contributed by atoms with E-state index in [1.807, 2.05) is 155 Å². The number of hydrogen-bond acceptors (Lipinski definition) is 10. The number of carbonyl (C=O) groups excluding carboxylic acids is 6. The number of carbonyl (C=O) groups is 6. The number of nitrogens with one attached hydrogen (secondary N) is 4. The van der Waals surface area contributed by atoms with E-state index in [0.29, 0.717) is 19.6 Å². The zero-order chi connectivity index (χ0) is 49.1. The van der Waals surface area contributed by atoms with Gasteiger partial charge in [-0.2, -0.15) is 10.5 Å². The van der Waals surface area contributed by atoms with Crippen LogP contribution in [0, 0.1) is 34.5 Å². The van der Waals surface area contributed by atoms with Gasteiger partial charge in [0.2, 0.25) is 11.4 Å². The van der Waals surface area contributed by atoms with E-state index in [1.165, 1.54) is 0 Å². The van der Waals surface area contributed by atoms with Gasteiger partial charge in [0.25, 0.3) is 17.7 Å². The third-order valence-electron chi connectivity index (χ3n) is 11.2. The van der Waals surface area contributed by atoms with Crippen molar-refractivity contribution in [3.63, 3.8) is 0 Å². The molecule has 16 heteroatoms. The Labute approximate surface area is 398 Å². The molecule has 0 saturated carbocycles. The molecule has 4 aromatic rings. The monoisotopic (exact) mass is 924 g/mol. The third-order valence-corrected chi connectivity index (χ3v) is 11.2. The van der Waals surface area contributed by atoms with Gasteiger partial charge in [-0.25, -0.2) is 9.59 Å². The highest BCUT2D eigenvalue weighted by molar-refractivity contribution is 5.97. The number of ether oxygens (including phenoxy) is 2. The van der Waals surface area contributed by atoms with Gasteiger partial charge in [-0.15, -0.1) is 0 Å². The predicted molar refractivity (Wildman–Crippen MR) is 252 cm³/mol. The van der Waals surface area contributed by atoms with Crippen molar-refractivity contribution < 1.29 is 38.2 Å². The van der Waals surface area contributed by atoms with Crippen LogP contribution in [0.3, 0.4) is 0 Å². The van der Waals surface area contributed by atoms with Gasteiger partial charge in [0.05, 0.1) is 19.0 Å². The lowest BCUT2D eigenvalue weighted by Gasteiger charge is -2.26. The standard InChI is InChI=1S/2C26H30N4O4/c1-19(2)13-22(34-25(33)28-15-20-9-5-3-6-10-20)24(32)29-26(17-27)14-23(31)30(18-26)16-21-11-7-4-8-12-21;1-19(2)15-22(34-25(33)28-16-20-9-5-3-6-10-20)23(31)29-26(18-27)13-14-30(24(26)32)17-21-11-7-4-8-12-21/h3-12,19,22H,13-16,18H2,1-2H3,(H,28,33)(H,29,32);3-12,19,22H,13-17H2,1-2H3,(H,28,33)(H,29,31). The average molecular weight is 925 g/mol. The summed E-state index contributed by atoms with van der Waals surface area (Å²) in [7, 11) is 0. The van der Waals surface area contributed by atoms with Gasteiger partial charge in [0.15, 0.2) is 17.7 Å². The topological polar surface area (TPSA) is 223 Å². The minimum absolute atomic E-state index is 0.0459. The minimum atomic E-state index is -1.68. The fraction of sp³-hybridized carbons (Fsp3) is 0.385. The Morgan fingerprint density at radius 2 is 1.01 bits per heavy atom. The van der Waals surface area contributed by atoms with E-state index >= 15 is 0 Å². The van der Waals surface area contributed by atoms with Gasteiger partial charge in [-0.3, -0.25) is 19.2 Å². The lowest BCUT2D eigenvalue weighted by Crippen LogP contribution is -2.56. The molecule has 4 aromatic carbocycles. The van der Waals surface area contributed by atoms with Crippen molar-refractivity contribution in [1.29, 1.82) is 10.5 Å². The van der Waals surface area contributed by atoms with E-state index in [1.54, 1.807) is 9.80 Å². The number of amides is 6. The van der Waals surface area contributed by atoms with Crippen LogP contribution in [-0.4, -0.2) is 82.0 Å². The molecular weight excluding hydrogens is 865 g/mol. The number of hydrogen-bond donors (Lipinski definition) is 4. The Morgan fingerprint density at radius 1 is 0.603 bits per heavy atom. The Bertz CT molecular complexity index is 2370. The maximum Gasteiger partial charge on any atom is 0.408 e. The molecule has 2 heterocycles. The molecule has 356 valence electrons. The van der Waals surface area contributed by atoms with E-state index in [2.05, 4.69) is 27.3 Å². The predicted octanol–water partition coefficient (Wildman–Crippen LogP) is 6.28. The lowest BCUT2D eigenvalue weighted by atomic mass is 9.98. The van der Waals surface area contributed by atoms with E-state index in [9.17, 15) is 39.3 Å². The molecule has 0 aliphatic carbocycles. The second kappa shape index (κ2) is 24.7. The van der Waals surface area contributed by atoms with Crippen LogP contribution in [0.1, 0.15) is 75.6 Å². The summed E-state index contributed by atoms with van der Waals surface area (Å²) in [6, 6.07) is 41.7. The second-order valence-electron chi connectivity index (χ2n) is 17.8. The first-order chi connectivity index (χ1) is 32.6. The van der Waals surface area contributed by atoms with Crippen molar-refractivity contribution in [3.05, 3.63) is 144 Å². The molecule has 4 atom stereocenters. The largest absolute Gasteiger partial charge is 0.436 e. The lowest BCUT2D eigenvalue weighted by molar-refractivity contribution is -0.138. The highest BCUT2D eigenvalue weighted by atomic mass is 16.6. The summed E-state index contributed by atoms with van der Waals surface area (Å²) in [4.78, 5) is 79.7. The van der Waals surface area contributed by atoms with Crippen LogP contribution in [0.4, 0.5) is 9.59 Å². The SMILES string of the molecule is CC(C)CC(OC(=O)NCc1ccccc1)C(=O)NC1(C#N)CC(=O)N(Cc2ccccc2)C1.CC(C)CC(OC(=O)NCc1ccccc1)C(=O)NC1(C#N)CCN(Cc2ccccc2)C1=O. The van der Waals surface area contributed by atoms with Crippen LogP contribution in [0.25, 0.3) is 0 Å². The smallest absolute Gasteiger partial charge is 0.408 e. The summed E-state index contributed by atoms with van der Waals surface area (Å²) in [5.41, 5.74) is 0.616. The van der Waals surface area contributed by atoms with Crippen LogP contribution < -0.4 is 21.3 Å². The van der Waals surface area contributed by atoms with Crippen molar-refractivity contribution in [3.8, 4) is 12.1 Å². The fourth-order valence-corrected chi connectivity index (χ4v) is 7.72. The van der Waals surface area contributed by atoms with E-state index in [4.69, 9.17) is 9.47 Å². The zero-order valence-electron chi connectivity index (χ0n) is 39.0. The summed E-state index contributed by atoms with van der Waals surface area (Å²) < 4.78 is 10.8. The summed E-state index contributed by atoms with van der Waals surface area (Å²) in [6.45, 7) is 9.25. The van der Waals surface area contributed by atoms with Crippen molar-refractivity contribution in [2.24, 2.45) is 11.8 Å². The molecule has 0 aromatic heterocycles. The Morgan fingerprint density at radius 3 is 1.43 bits per heavy atom. The molecule has 2 fully saturated rings. The quantitative estimate of drug-likeness (QED) is 0.0875. The maximum absolute atomic E-state index is 13.1. The normalized spacial score (nSPS) is 18.3. The number of benzene rings is 4. The van der Waals surface area contributed by atoms with E-state index < -0.39 is 53.2 Å². The molecule has 16 nitrogen and oxygen atoms in total. The highest BCUT2D eigenvalue weighted by Gasteiger charge is 2.50. The molecule has 2 aliphatic heterocycles. The maximum atomic E-state index is 13.1. The van der Waals surface area contributed by atoms with Gasteiger partial charge < -0.3 is 40.5 Å². The summed E-state index contributed by atoms with van der Waals surface area (Å²) in [5, 5.41) is 30.3. The fourth-order valence-electron chi connectivity index (χ4n) is 7.72. The summed E-state index contributed by atoms with van der Waals surface area (Å²) in [6.07, 6.45) is -3.09. The number of rotatable bonds is 18. The molecular formula is C52H60N8O8. The Kier molecular flexibility index (Phi) is 18.6. The van der Waals surface area contributed by atoms with Crippen molar-refractivity contribution in [1.82, 2.24) is 31.1 Å². The van der Waals surface area contributed by atoms with Crippen molar-refractivity contribution >= 4 is 35.8 Å². The first-order valence-corrected chi connectivity index (χ1v) is 22.7. The highest BCUT2D eigenvalue weighted by Crippen LogP contribution is 2.27. The van der Waals surface area contributed by atoms with Gasteiger partial charge in [0.1, 0.15) is 6.07 Å². The summed E-state index contributed by atoms with van der Waals surface area (Å²) >= 11 is 0. The van der Waals surface area contributed by atoms with Crippen LogP contribution in [0.15, 0.2) is 121 Å². The van der Waals surface area contributed by atoms with Gasteiger partial charge in [0, 0.05) is 39.1 Å². The van der Waals surface area contributed by atoms with Crippen LogP contribution in [0.2, 0.25) is 0 Å². The molecule has 0 bridgehead atoms. The van der Waals surface area contributed by atoms with Crippen molar-refractivity contribution in [2.45, 2.75) is 103 Å². The Hall–Kier alpha value is -7.72. The van der Waals surface area contributed by atoms with Gasteiger partial charge in [-0.1, -0.05) is 149 Å². The summed E-state index contributed by atoms with van der Waals surface area (Å²) in [5.74, 6) is -1.80. The van der Waals surface area contributed by atoms with Gasteiger partial charge in [-0.05, 0) is 46.9 Å². The third kappa shape index (κ3) is 15.2. The van der Waals surface area contributed by atoms with Crippen LogP contribution in [-0.2, 0) is 54.8 Å². The van der Waals surface area contributed by atoms with E-state index in [0.717, 1.165) is 22.3 Å². The van der Waals surface area contributed by atoms with E-state index in [-0.39, 0.29) is 63.1 Å². The second-order valence-corrected chi connectivity index (χ2v) is 17.8. The molecule has 0 spiro atoms. The molecule has 4 unspecified atom stereocenters. The first-order valence-electron chi connectivity index (χ1n) is 22.7. The number of nitrogens with zero attached hydrogens (tertiary/aromatic N) is 4. The molecule has 4 N–H and O–H groups in total.